The van der Waals surface area contributed by atoms with E-state index in [1.54, 1.807) is 24.3 Å². The van der Waals surface area contributed by atoms with E-state index in [1.807, 2.05) is 37.3 Å². The molecule has 118 valence electrons. The van der Waals surface area contributed by atoms with Gasteiger partial charge in [0.15, 0.2) is 0 Å². The smallest absolute Gasteiger partial charge is 0.328 e. The maximum Gasteiger partial charge on any atom is 0.328 e. The first-order valence-corrected chi connectivity index (χ1v) is 7.40. The van der Waals surface area contributed by atoms with Gasteiger partial charge in [-0.1, -0.05) is 49.4 Å². The van der Waals surface area contributed by atoms with Gasteiger partial charge in [0.1, 0.15) is 0 Å². The van der Waals surface area contributed by atoms with Crippen LogP contribution < -0.4 is 5.32 Å². The topological polar surface area (TPSA) is 66.4 Å². The molecule has 4 nitrogen and oxygen atoms in total. The number of aliphatic carboxylic acids is 1. The number of hydrogen-bond donors (Lipinski definition) is 2. The van der Waals surface area contributed by atoms with Crippen LogP contribution in [0.4, 0.5) is 5.69 Å². The van der Waals surface area contributed by atoms with Crippen molar-refractivity contribution in [1.82, 2.24) is 0 Å². The SMILES string of the molecule is CC(Cc1ccccc1)C(=O)Nc1ccc(/C=C/C(=O)O)cc1. The Morgan fingerprint density at radius 2 is 1.74 bits per heavy atom. The van der Waals surface area contributed by atoms with Crippen LogP contribution in [0.15, 0.2) is 60.7 Å². The minimum atomic E-state index is -0.989. The number of hydrogen-bond acceptors (Lipinski definition) is 2. The quantitative estimate of drug-likeness (QED) is 0.801. The molecule has 2 aromatic carbocycles. The Kier molecular flexibility index (Phi) is 5.69. The molecule has 0 radical (unpaired) electrons. The molecule has 2 aromatic rings. The van der Waals surface area contributed by atoms with Crippen LogP contribution in [0.1, 0.15) is 18.1 Å². The van der Waals surface area contributed by atoms with Crippen molar-refractivity contribution in [1.29, 1.82) is 0 Å². The average molecular weight is 309 g/mol. The van der Waals surface area contributed by atoms with Crippen LogP contribution in [0.25, 0.3) is 6.08 Å². The van der Waals surface area contributed by atoms with Crippen molar-refractivity contribution in [2.24, 2.45) is 5.92 Å². The number of carbonyl (C=O) groups is 2. The van der Waals surface area contributed by atoms with Gasteiger partial charge in [-0.3, -0.25) is 4.79 Å². The van der Waals surface area contributed by atoms with Crippen molar-refractivity contribution in [2.75, 3.05) is 5.32 Å². The molecule has 0 aromatic heterocycles. The zero-order chi connectivity index (χ0) is 16.7. The third-order valence-corrected chi connectivity index (χ3v) is 3.43. The summed E-state index contributed by atoms with van der Waals surface area (Å²) in [5.74, 6) is -1.16. The Hall–Kier alpha value is -2.88. The van der Waals surface area contributed by atoms with Crippen molar-refractivity contribution < 1.29 is 14.7 Å². The van der Waals surface area contributed by atoms with E-state index in [4.69, 9.17) is 5.11 Å². The highest BCUT2D eigenvalue weighted by Gasteiger charge is 2.13. The van der Waals surface area contributed by atoms with Gasteiger partial charge in [0.2, 0.25) is 5.91 Å². The molecule has 2 rings (SSSR count). The number of carboxylic acids is 1. The number of carbonyl (C=O) groups excluding carboxylic acids is 1. The van der Waals surface area contributed by atoms with Crippen LogP contribution in [-0.2, 0) is 16.0 Å². The largest absolute Gasteiger partial charge is 0.478 e. The van der Waals surface area contributed by atoms with Gasteiger partial charge in [0.05, 0.1) is 0 Å². The summed E-state index contributed by atoms with van der Waals surface area (Å²) in [5, 5.41) is 11.5. The minimum Gasteiger partial charge on any atom is -0.478 e. The Morgan fingerprint density at radius 1 is 1.09 bits per heavy atom. The van der Waals surface area contributed by atoms with Crippen LogP contribution in [0, 0.1) is 5.92 Å². The highest BCUT2D eigenvalue weighted by molar-refractivity contribution is 5.92. The summed E-state index contributed by atoms with van der Waals surface area (Å²) in [5.41, 5.74) is 2.59. The van der Waals surface area contributed by atoms with E-state index in [-0.39, 0.29) is 11.8 Å². The molecule has 23 heavy (non-hydrogen) atoms. The first-order chi connectivity index (χ1) is 11.0. The summed E-state index contributed by atoms with van der Waals surface area (Å²) in [6.07, 6.45) is 3.27. The molecule has 0 spiro atoms. The number of anilines is 1. The number of rotatable bonds is 6. The molecule has 0 fully saturated rings. The first kappa shape index (κ1) is 16.5. The normalized spacial score (nSPS) is 12.0. The molecule has 0 aliphatic rings. The molecule has 0 saturated heterocycles. The summed E-state index contributed by atoms with van der Waals surface area (Å²) >= 11 is 0. The first-order valence-electron chi connectivity index (χ1n) is 7.40. The Balaban J connectivity index is 1.93. The molecule has 0 aliphatic carbocycles. The lowest BCUT2D eigenvalue weighted by Gasteiger charge is -2.12. The number of nitrogens with one attached hydrogen (secondary N) is 1. The van der Waals surface area contributed by atoms with E-state index in [0.717, 1.165) is 17.2 Å². The average Bonchev–Trinajstić information content (AvgIpc) is 2.55. The molecule has 1 atom stereocenters. The lowest BCUT2D eigenvalue weighted by atomic mass is 10.0. The zero-order valence-electron chi connectivity index (χ0n) is 12.9. The second-order valence-electron chi connectivity index (χ2n) is 5.37. The fourth-order valence-corrected chi connectivity index (χ4v) is 2.17. The van der Waals surface area contributed by atoms with E-state index < -0.39 is 5.97 Å². The van der Waals surface area contributed by atoms with Gasteiger partial charge in [-0.25, -0.2) is 4.79 Å². The summed E-state index contributed by atoms with van der Waals surface area (Å²) in [4.78, 5) is 22.7. The van der Waals surface area contributed by atoms with Crippen molar-refractivity contribution >= 4 is 23.6 Å². The predicted molar refractivity (Wildman–Crippen MR) is 91.1 cm³/mol. The molecule has 1 unspecified atom stereocenters. The maximum absolute atomic E-state index is 12.2. The predicted octanol–water partition coefficient (Wildman–Crippen LogP) is 3.60. The van der Waals surface area contributed by atoms with Gasteiger partial charge in [0, 0.05) is 17.7 Å². The maximum atomic E-state index is 12.2. The Bertz CT molecular complexity index is 690. The summed E-state index contributed by atoms with van der Waals surface area (Å²) in [6, 6.07) is 16.9. The summed E-state index contributed by atoms with van der Waals surface area (Å²) in [6.45, 7) is 1.90. The lowest BCUT2D eigenvalue weighted by Crippen LogP contribution is -2.22. The zero-order valence-corrected chi connectivity index (χ0v) is 12.9. The molecule has 0 aliphatic heterocycles. The van der Waals surface area contributed by atoms with Gasteiger partial charge in [0.25, 0.3) is 0 Å². The van der Waals surface area contributed by atoms with Gasteiger partial charge in [-0.2, -0.15) is 0 Å². The standard InChI is InChI=1S/C19H19NO3/c1-14(13-16-5-3-2-4-6-16)19(23)20-17-10-7-15(8-11-17)9-12-18(21)22/h2-12,14H,13H2,1H3,(H,20,23)(H,21,22)/b12-9+. The summed E-state index contributed by atoms with van der Waals surface area (Å²) in [7, 11) is 0. The highest BCUT2D eigenvalue weighted by atomic mass is 16.4. The molecule has 0 saturated carbocycles. The van der Waals surface area contributed by atoms with Gasteiger partial charge in [-0.05, 0) is 35.8 Å². The fraction of sp³-hybridized carbons (Fsp3) is 0.158. The van der Waals surface area contributed by atoms with Gasteiger partial charge in [-0.15, -0.1) is 0 Å². The molecule has 4 heteroatoms. The molecule has 0 heterocycles. The van der Waals surface area contributed by atoms with Crippen LogP contribution in [0.3, 0.4) is 0 Å². The monoisotopic (exact) mass is 309 g/mol. The second kappa shape index (κ2) is 7.94. The highest BCUT2D eigenvalue weighted by Crippen LogP contribution is 2.14. The van der Waals surface area contributed by atoms with Crippen molar-refractivity contribution in [3.63, 3.8) is 0 Å². The molecular formula is C19H19NO3. The molecule has 0 bridgehead atoms. The van der Waals surface area contributed by atoms with Gasteiger partial charge >= 0.3 is 5.97 Å². The van der Waals surface area contributed by atoms with E-state index in [1.165, 1.54) is 6.08 Å². The van der Waals surface area contributed by atoms with Gasteiger partial charge < -0.3 is 10.4 Å². The van der Waals surface area contributed by atoms with Crippen molar-refractivity contribution in [3.8, 4) is 0 Å². The second-order valence-corrected chi connectivity index (χ2v) is 5.37. The Morgan fingerprint density at radius 3 is 2.35 bits per heavy atom. The van der Waals surface area contributed by atoms with Crippen molar-refractivity contribution in [3.05, 3.63) is 71.8 Å². The van der Waals surface area contributed by atoms with Crippen LogP contribution >= 0.6 is 0 Å². The Labute approximate surface area is 135 Å². The molecule has 1 amide bonds. The van der Waals surface area contributed by atoms with Crippen LogP contribution in [-0.4, -0.2) is 17.0 Å². The van der Waals surface area contributed by atoms with E-state index in [9.17, 15) is 9.59 Å². The van der Waals surface area contributed by atoms with Crippen molar-refractivity contribution in [2.45, 2.75) is 13.3 Å². The molecular weight excluding hydrogens is 290 g/mol. The van der Waals surface area contributed by atoms with E-state index >= 15 is 0 Å². The van der Waals surface area contributed by atoms with E-state index in [0.29, 0.717) is 12.1 Å². The molecule has 2 N–H and O–H groups in total. The third-order valence-electron chi connectivity index (χ3n) is 3.43. The third kappa shape index (κ3) is 5.43. The number of benzene rings is 2. The summed E-state index contributed by atoms with van der Waals surface area (Å²) < 4.78 is 0. The van der Waals surface area contributed by atoms with Crippen LogP contribution in [0.2, 0.25) is 0 Å². The number of amides is 1. The number of carboxylic acid groups (broad SMARTS) is 1. The lowest BCUT2D eigenvalue weighted by molar-refractivity contribution is -0.131. The minimum absolute atomic E-state index is 0.0392. The van der Waals surface area contributed by atoms with E-state index in [2.05, 4.69) is 5.32 Å². The van der Waals surface area contributed by atoms with Crippen LogP contribution in [0.5, 0.6) is 0 Å². The fourth-order valence-electron chi connectivity index (χ4n) is 2.17.